The maximum absolute atomic E-state index is 12.8. The Balaban J connectivity index is 1.76. The number of carbonyl (C=O) groups is 2. The first-order chi connectivity index (χ1) is 17.0. The van der Waals surface area contributed by atoms with Gasteiger partial charge in [0.1, 0.15) is 17.3 Å². The standard InChI is InChI=1S/C24H21F3N4O5/c25-24(26,27)23(35)36-19-11-13(16-5-8-20(33)31-12-16)3-6-17(19)22(34)30-9-1-2-14-10-15(21(28)29)4-7-18(14)32/h3-8,10-12,32H,1-2,9H2,(H3,28,29)(H,30,34)(H,31,33). The highest BCUT2D eigenvalue weighted by Gasteiger charge is 2.42. The van der Waals surface area contributed by atoms with Crippen LogP contribution >= 0.6 is 0 Å². The molecule has 0 unspecified atom stereocenters. The third-order valence-corrected chi connectivity index (χ3v) is 5.08. The number of hydrogen-bond acceptors (Lipinski definition) is 6. The predicted molar refractivity (Wildman–Crippen MR) is 124 cm³/mol. The number of amidine groups is 1. The minimum absolute atomic E-state index is 0.00878. The number of benzene rings is 2. The van der Waals surface area contributed by atoms with Crippen molar-refractivity contribution >= 4 is 17.7 Å². The SMILES string of the molecule is N=C(N)c1ccc(O)c(CCCNC(=O)c2ccc(-c3ccc(=O)[nH]c3)cc2OC(=O)C(F)(F)F)c1. The second kappa shape index (κ2) is 10.8. The molecule has 0 spiro atoms. The van der Waals surface area contributed by atoms with Crippen LogP contribution in [0.15, 0.2) is 59.5 Å². The van der Waals surface area contributed by atoms with Crippen molar-refractivity contribution in [3.63, 3.8) is 0 Å². The summed E-state index contributed by atoms with van der Waals surface area (Å²) in [7, 11) is 0. The number of aryl methyl sites for hydroxylation is 1. The Kier molecular flexibility index (Phi) is 7.77. The zero-order chi connectivity index (χ0) is 26.5. The number of nitrogens with one attached hydrogen (secondary N) is 3. The van der Waals surface area contributed by atoms with E-state index >= 15 is 0 Å². The second-order valence-electron chi connectivity index (χ2n) is 7.66. The van der Waals surface area contributed by atoms with E-state index in [-0.39, 0.29) is 29.3 Å². The Morgan fingerprint density at radius 2 is 1.81 bits per heavy atom. The molecule has 0 aliphatic heterocycles. The first-order valence-electron chi connectivity index (χ1n) is 10.5. The lowest BCUT2D eigenvalue weighted by atomic mass is 10.0. The van der Waals surface area contributed by atoms with E-state index in [1.165, 1.54) is 42.6 Å². The van der Waals surface area contributed by atoms with E-state index in [0.717, 1.165) is 6.07 Å². The highest BCUT2D eigenvalue weighted by molar-refractivity contribution is 5.98. The van der Waals surface area contributed by atoms with E-state index in [0.29, 0.717) is 35.1 Å². The van der Waals surface area contributed by atoms with Crippen molar-refractivity contribution in [2.24, 2.45) is 5.73 Å². The number of alkyl halides is 3. The molecule has 0 radical (unpaired) electrons. The Labute approximate surface area is 202 Å². The number of esters is 1. The number of phenolic OH excluding ortho intramolecular Hbond substituents is 1. The van der Waals surface area contributed by atoms with Crippen molar-refractivity contribution in [3.05, 3.63) is 81.8 Å². The number of nitrogens with two attached hydrogens (primary N) is 1. The van der Waals surface area contributed by atoms with Crippen LogP contribution in [0, 0.1) is 5.41 Å². The number of hydrogen-bond donors (Lipinski definition) is 5. The molecular weight excluding hydrogens is 481 g/mol. The normalized spacial score (nSPS) is 11.1. The molecule has 1 amide bonds. The molecule has 3 aromatic rings. The topological polar surface area (TPSA) is 158 Å². The van der Waals surface area contributed by atoms with Crippen LogP contribution in [-0.2, 0) is 11.2 Å². The number of aromatic amines is 1. The minimum Gasteiger partial charge on any atom is -0.508 e. The molecule has 0 fully saturated rings. The number of rotatable bonds is 8. The summed E-state index contributed by atoms with van der Waals surface area (Å²) in [6.07, 6.45) is -3.30. The summed E-state index contributed by atoms with van der Waals surface area (Å²) < 4.78 is 42.9. The third kappa shape index (κ3) is 6.50. The van der Waals surface area contributed by atoms with E-state index in [1.54, 1.807) is 6.07 Å². The second-order valence-corrected chi connectivity index (χ2v) is 7.66. The number of halogens is 3. The molecule has 3 rings (SSSR count). The summed E-state index contributed by atoms with van der Waals surface area (Å²) in [5, 5.41) is 20.0. The molecule has 1 heterocycles. The Bertz CT molecular complexity index is 1350. The molecule has 0 saturated carbocycles. The van der Waals surface area contributed by atoms with Crippen LogP contribution in [0.2, 0.25) is 0 Å². The number of phenols is 1. The summed E-state index contributed by atoms with van der Waals surface area (Å²) in [6, 6.07) is 10.8. The van der Waals surface area contributed by atoms with E-state index in [2.05, 4.69) is 15.0 Å². The van der Waals surface area contributed by atoms with Gasteiger partial charge in [-0.1, -0.05) is 6.07 Å². The van der Waals surface area contributed by atoms with Crippen LogP contribution in [0.5, 0.6) is 11.5 Å². The maximum atomic E-state index is 12.8. The van der Waals surface area contributed by atoms with Gasteiger partial charge in [0.25, 0.3) is 5.91 Å². The summed E-state index contributed by atoms with van der Waals surface area (Å²) in [6.45, 7) is 0.0803. The monoisotopic (exact) mass is 502 g/mol. The Morgan fingerprint density at radius 3 is 2.44 bits per heavy atom. The van der Waals surface area contributed by atoms with Crippen molar-refractivity contribution in [2.75, 3.05) is 6.54 Å². The maximum Gasteiger partial charge on any atom is 0.491 e. The summed E-state index contributed by atoms with van der Waals surface area (Å²) in [4.78, 5) is 37.8. The van der Waals surface area contributed by atoms with Gasteiger partial charge in [-0.2, -0.15) is 13.2 Å². The number of nitrogen functional groups attached to an aromatic ring is 1. The zero-order valence-corrected chi connectivity index (χ0v) is 18.6. The average molecular weight is 502 g/mol. The molecular formula is C24H21F3N4O5. The fraction of sp³-hybridized carbons (Fsp3) is 0.167. The zero-order valence-electron chi connectivity index (χ0n) is 18.6. The van der Waals surface area contributed by atoms with Gasteiger partial charge in [-0.25, -0.2) is 4.79 Å². The van der Waals surface area contributed by atoms with Gasteiger partial charge in [0, 0.05) is 24.4 Å². The van der Waals surface area contributed by atoms with E-state index in [1.807, 2.05) is 0 Å². The van der Waals surface area contributed by atoms with Gasteiger partial charge in [0.05, 0.1) is 5.56 Å². The lowest BCUT2D eigenvalue weighted by Gasteiger charge is -2.14. The highest BCUT2D eigenvalue weighted by Crippen LogP contribution is 2.29. The first kappa shape index (κ1) is 26.0. The van der Waals surface area contributed by atoms with Crippen LogP contribution in [0.4, 0.5) is 13.2 Å². The molecule has 0 bridgehead atoms. The molecule has 6 N–H and O–H groups in total. The number of H-pyrrole nitrogens is 1. The van der Waals surface area contributed by atoms with E-state index in [9.17, 15) is 32.7 Å². The highest BCUT2D eigenvalue weighted by atomic mass is 19.4. The van der Waals surface area contributed by atoms with Crippen LogP contribution in [0.25, 0.3) is 11.1 Å². The van der Waals surface area contributed by atoms with Gasteiger partial charge in [-0.15, -0.1) is 0 Å². The van der Waals surface area contributed by atoms with Crippen LogP contribution in [0.1, 0.15) is 27.9 Å². The van der Waals surface area contributed by atoms with Crippen LogP contribution in [-0.4, -0.2) is 40.5 Å². The van der Waals surface area contributed by atoms with Crippen molar-refractivity contribution in [1.82, 2.24) is 10.3 Å². The number of aromatic nitrogens is 1. The molecule has 0 atom stereocenters. The van der Waals surface area contributed by atoms with Crippen molar-refractivity contribution in [1.29, 1.82) is 5.41 Å². The van der Waals surface area contributed by atoms with Gasteiger partial charge < -0.3 is 25.9 Å². The molecule has 1 aromatic heterocycles. The lowest BCUT2D eigenvalue weighted by molar-refractivity contribution is -0.189. The van der Waals surface area contributed by atoms with E-state index in [4.69, 9.17) is 11.1 Å². The van der Waals surface area contributed by atoms with Crippen LogP contribution < -0.4 is 21.3 Å². The smallest absolute Gasteiger partial charge is 0.491 e. The summed E-state index contributed by atoms with van der Waals surface area (Å²) in [5.74, 6) is -4.06. The van der Waals surface area contributed by atoms with Gasteiger partial charge in [0.15, 0.2) is 0 Å². The summed E-state index contributed by atoms with van der Waals surface area (Å²) in [5.41, 5.74) is 6.39. The number of ether oxygens (including phenoxy) is 1. The Morgan fingerprint density at radius 1 is 1.08 bits per heavy atom. The first-order valence-corrected chi connectivity index (χ1v) is 10.5. The molecule has 0 aliphatic carbocycles. The number of carbonyl (C=O) groups excluding carboxylic acids is 2. The molecule has 188 valence electrons. The fourth-order valence-electron chi connectivity index (χ4n) is 3.25. The summed E-state index contributed by atoms with van der Waals surface area (Å²) >= 11 is 0. The van der Waals surface area contributed by atoms with Crippen LogP contribution in [0.3, 0.4) is 0 Å². The molecule has 36 heavy (non-hydrogen) atoms. The Hall–Kier alpha value is -4.61. The lowest BCUT2D eigenvalue weighted by Crippen LogP contribution is -2.30. The van der Waals surface area contributed by atoms with E-state index < -0.39 is 23.8 Å². The van der Waals surface area contributed by atoms with Crippen molar-refractivity contribution in [2.45, 2.75) is 19.0 Å². The number of amides is 1. The van der Waals surface area contributed by atoms with Gasteiger partial charge in [0.2, 0.25) is 5.56 Å². The minimum atomic E-state index is -5.28. The molecule has 0 aliphatic rings. The molecule has 0 saturated heterocycles. The third-order valence-electron chi connectivity index (χ3n) is 5.08. The fourth-order valence-corrected chi connectivity index (χ4v) is 3.25. The molecule has 12 heteroatoms. The predicted octanol–water partition coefficient (Wildman–Crippen LogP) is 2.86. The van der Waals surface area contributed by atoms with Gasteiger partial charge in [-0.05, 0) is 65.9 Å². The average Bonchev–Trinajstić information content (AvgIpc) is 2.82. The van der Waals surface area contributed by atoms with Gasteiger partial charge >= 0.3 is 12.1 Å². The van der Waals surface area contributed by atoms with Gasteiger partial charge in [-0.3, -0.25) is 15.0 Å². The van der Waals surface area contributed by atoms with Crippen molar-refractivity contribution in [3.8, 4) is 22.6 Å². The molecule has 9 nitrogen and oxygen atoms in total. The number of pyridine rings is 1. The largest absolute Gasteiger partial charge is 0.508 e. The number of aromatic hydroxyl groups is 1. The quantitative estimate of drug-likeness (QED) is 0.105. The molecule has 2 aromatic carbocycles. The van der Waals surface area contributed by atoms with Crippen molar-refractivity contribution < 1.29 is 32.6 Å².